The standard InChI is InChI=1S/C26H16O3/c1-28-15-10-11-19-22-13-12-21-18-8-3-2-6-16(18)17-7-4-5-9-20(17)24(21)25(22)26(27)29-23(19)14-15/h2-14H,1H3. The van der Waals surface area contributed by atoms with E-state index in [1.165, 1.54) is 5.39 Å². The first-order valence-corrected chi connectivity index (χ1v) is 9.53. The molecule has 0 saturated carbocycles. The third-order valence-corrected chi connectivity index (χ3v) is 5.79. The molecule has 3 nitrogen and oxygen atoms in total. The van der Waals surface area contributed by atoms with Crippen molar-refractivity contribution >= 4 is 54.1 Å². The molecule has 1 heterocycles. The highest BCUT2D eigenvalue weighted by Gasteiger charge is 2.16. The summed E-state index contributed by atoms with van der Waals surface area (Å²) in [6.07, 6.45) is 0. The Bertz CT molecular complexity index is 1620. The van der Waals surface area contributed by atoms with Gasteiger partial charge in [-0.15, -0.1) is 0 Å². The number of methoxy groups -OCH3 is 1. The lowest BCUT2D eigenvalue weighted by Gasteiger charge is -2.13. The van der Waals surface area contributed by atoms with Crippen LogP contribution in [0.15, 0.2) is 88.1 Å². The smallest absolute Gasteiger partial charge is 0.344 e. The van der Waals surface area contributed by atoms with Gasteiger partial charge in [0.1, 0.15) is 11.3 Å². The minimum absolute atomic E-state index is 0.327. The fraction of sp³-hybridized carbons (Fsp3) is 0.0385. The molecule has 0 spiro atoms. The Morgan fingerprint density at radius 2 is 1.14 bits per heavy atom. The van der Waals surface area contributed by atoms with Crippen LogP contribution in [0, 0.1) is 0 Å². The molecule has 0 N–H and O–H groups in total. The first-order chi connectivity index (χ1) is 14.3. The zero-order valence-electron chi connectivity index (χ0n) is 15.7. The molecule has 0 aliphatic rings. The molecule has 0 aliphatic heterocycles. The molecule has 0 radical (unpaired) electrons. The van der Waals surface area contributed by atoms with E-state index in [-0.39, 0.29) is 5.63 Å². The molecule has 0 unspecified atom stereocenters. The van der Waals surface area contributed by atoms with Gasteiger partial charge in [-0.2, -0.15) is 0 Å². The zero-order chi connectivity index (χ0) is 19.5. The normalized spacial score (nSPS) is 11.8. The van der Waals surface area contributed by atoms with Gasteiger partial charge in [0.25, 0.3) is 0 Å². The molecule has 5 aromatic carbocycles. The summed E-state index contributed by atoms with van der Waals surface area (Å²) in [4.78, 5) is 13.2. The van der Waals surface area contributed by atoms with Gasteiger partial charge in [0.15, 0.2) is 0 Å². The number of fused-ring (bicyclic) bond motifs is 10. The van der Waals surface area contributed by atoms with Crippen LogP contribution >= 0.6 is 0 Å². The van der Waals surface area contributed by atoms with Gasteiger partial charge in [-0.25, -0.2) is 4.79 Å². The summed E-state index contributed by atoms with van der Waals surface area (Å²) in [6, 6.07) is 26.4. The number of hydrogen-bond donors (Lipinski definition) is 0. The van der Waals surface area contributed by atoms with Crippen LogP contribution in [0.5, 0.6) is 5.75 Å². The molecular formula is C26H16O3. The molecule has 3 heteroatoms. The third kappa shape index (κ3) is 2.15. The molecule has 0 fully saturated rings. The Kier molecular flexibility index (Phi) is 3.24. The van der Waals surface area contributed by atoms with Crippen molar-refractivity contribution in [2.24, 2.45) is 0 Å². The highest BCUT2D eigenvalue weighted by Crippen LogP contribution is 2.39. The maximum absolute atomic E-state index is 13.2. The number of hydrogen-bond acceptors (Lipinski definition) is 3. The first-order valence-electron chi connectivity index (χ1n) is 9.53. The molecule has 29 heavy (non-hydrogen) atoms. The van der Waals surface area contributed by atoms with Crippen LogP contribution in [0.1, 0.15) is 0 Å². The van der Waals surface area contributed by atoms with Crippen molar-refractivity contribution in [3.8, 4) is 5.75 Å². The minimum Gasteiger partial charge on any atom is -0.497 e. The predicted molar refractivity (Wildman–Crippen MR) is 119 cm³/mol. The van der Waals surface area contributed by atoms with Crippen molar-refractivity contribution in [3.05, 3.63) is 89.3 Å². The van der Waals surface area contributed by atoms with Gasteiger partial charge in [-0.1, -0.05) is 60.7 Å². The van der Waals surface area contributed by atoms with Gasteiger partial charge >= 0.3 is 5.63 Å². The molecule has 0 saturated heterocycles. The summed E-state index contributed by atoms with van der Waals surface area (Å²) in [5.41, 5.74) is 0.207. The third-order valence-electron chi connectivity index (χ3n) is 5.79. The summed E-state index contributed by atoms with van der Waals surface area (Å²) in [5, 5.41) is 8.95. The first kappa shape index (κ1) is 16.1. The van der Waals surface area contributed by atoms with Crippen LogP contribution in [-0.4, -0.2) is 7.11 Å². The van der Waals surface area contributed by atoms with Crippen molar-refractivity contribution in [1.82, 2.24) is 0 Å². The second kappa shape index (κ2) is 5.82. The lowest BCUT2D eigenvalue weighted by molar-refractivity contribution is 0.414. The van der Waals surface area contributed by atoms with Gasteiger partial charge in [-0.3, -0.25) is 0 Å². The monoisotopic (exact) mass is 376 g/mol. The Morgan fingerprint density at radius 1 is 0.621 bits per heavy atom. The molecule has 0 bridgehead atoms. The van der Waals surface area contributed by atoms with E-state index < -0.39 is 0 Å². The molecule has 138 valence electrons. The van der Waals surface area contributed by atoms with E-state index in [1.54, 1.807) is 13.2 Å². The molecule has 6 aromatic rings. The Balaban J connectivity index is 1.95. The quantitative estimate of drug-likeness (QED) is 0.246. The maximum atomic E-state index is 13.2. The Labute approximate surface area is 165 Å². The Hall–Kier alpha value is -3.85. The van der Waals surface area contributed by atoms with Gasteiger partial charge < -0.3 is 9.15 Å². The van der Waals surface area contributed by atoms with Gasteiger partial charge in [0, 0.05) is 22.2 Å². The van der Waals surface area contributed by atoms with Gasteiger partial charge in [-0.05, 0) is 39.1 Å². The SMILES string of the molecule is COc1ccc2c(c1)oc(=O)c1c2ccc2c3ccccc3c3ccccc3c21. The van der Waals surface area contributed by atoms with E-state index in [0.29, 0.717) is 16.7 Å². The molecule has 0 amide bonds. The van der Waals surface area contributed by atoms with Crippen LogP contribution < -0.4 is 10.4 Å². The largest absolute Gasteiger partial charge is 0.497 e. The lowest BCUT2D eigenvalue weighted by Crippen LogP contribution is -2.01. The minimum atomic E-state index is -0.327. The van der Waals surface area contributed by atoms with E-state index >= 15 is 0 Å². The number of benzene rings is 5. The van der Waals surface area contributed by atoms with E-state index in [0.717, 1.165) is 37.7 Å². The van der Waals surface area contributed by atoms with Crippen LogP contribution in [0.4, 0.5) is 0 Å². The second-order valence-corrected chi connectivity index (χ2v) is 7.25. The molecule has 1 aromatic heterocycles. The highest BCUT2D eigenvalue weighted by atomic mass is 16.5. The van der Waals surface area contributed by atoms with Crippen LogP contribution in [0.2, 0.25) is 0 Å². The number of rotatable bonds is 1. The van der Waals surface area contributed by atoms with Gasteiger partial charge in [0.2, 0.25) is 0 Å². The summed E-state index contributed by atoms with van der Waals surface area (Å²) in [5.74, 6) is 0.664. The van der Waals surface area contributed by atoms with Crippen molar-refractivity contribution in [2.75, 3.05) is 7.11 Å². The Morgan fingerprint density at radius 3 is 1.79 bits per heavy atom. The summed E-state index contributed by atoms with van der Waals surface area (Å²) < 4.78 is 11.0. The molecule has 6 rings (SSSR count). The average Bonchev–Trinajstić information content (AvgIpc) is 2.78. The lowest BCUT2D eigenvalue weighted by atomic mass is 9.91. The van der Waals surface area contributed by atoms with Crippen LogP contribution in [-0.2, 0) is 0 Å². The van der Waals surface area contributed by atoms with Crippen molar-refractivity contribution < 1.29 is 9.15 Å². The summed E-state index contributed by atoms with van der Waals surface area (Å²) in [7, 11) is 1.60. The predicted octanol–water partition coefficient (Wildman–Crippen LogP) is 6.41. The van der Waals surface area contributed by atoms with E-state index in [1.807, 2.05) is 36.4 Å². The number of ether oxygens (including phenoxy) is 1. The van der Waals surface area contributed by atoms with Crippen LogP contribution in [0.25, 0.3) is 54.1 Å². The van der Waals surface area contributed by atoms with Gasteiger partial charge in [0.05, 0.1) is 12.5 Å². The summed E-state index contributed by atoms with van der Waals surface area (Å²) >= 11 is 0. The highest BCUT2D eigenvalue weighted by molar-refractivity contribution is 6.32. The molecule has 0 aliphatic carbocycles. The van der Waals surface area contributed by atoms with E-state index in [2.05, 4.69) is 36.4 Å². The van der Waals surface area contributed by atoms with E-state index in [9.17, 15) is 4.79 Å². The molecule has 0 atom stereocenters. The van der Waals surface area contributed by atoms with Crippen molar-refractivity contribution in [2.45, 2.75) is 0 Å². The summed E-state index contributed by atoms with van der Waals surface area (Å²) in [6.45, 7) is 0. The molecular weight excluding hydrogens is 360 g/mol. The van der Waals surface area contributed by atoms with Crippen molar-refractivity contribution in [3.63, 3.8) is 0 Å². The van der Waals surface area contributed by atoms with Crippen LogP contribution in [0.3, 0.4) is 0 Å². The zero-order valence-corrected chi connectivity index (χ0v) is 15.7. The topological polar surface area (TPSA) is 39.4 Å². The second-order valence-electron chi connectivity index (χ2n) is 7.25. The maximum Gasteiger partial charge on any atom is 0.344 e. The van der Waals surface area contributed by atoms with Crippen molar-refractivity contribution in [1.29, 1.82) is 0 Å². The fourth-order valence-corrected chi connectivity index (χ4v) is 4.52. The fourth-order valence-electron chi connectivity index (χ4n) is 4.52. The van der Waals surface area contributed by atoms with E-state index in [4.69, 9.17) is 9.15 Å². The average molecular weight is 376 g/mol.